The maximum absolute atomic E-state index is 12.3. The van der Waals surface area contributed by atoms with Gasteiger partial charge in [0.05, 0.1) is 5.75 Å². The Hall–Kier alpha value is -2.27. The number of nitrogens with zero attached hydrogens (tertiary/aromatic N) is 2. The summed E-state index contributed by atoms with van der Waals surface area (Å²) in [7, 11) is 3.49. The van der Waals surface area contributed by atoms with Crippen molar-refractivity contribution in [3.63, 3.8) is 0 Å². The highest BCUT2D eigenvalue weighted by atomic mass is 32.2. The molecule has 4 nitrogen and oxygen atoms in total. The lowest BCUT2D eigenvalue weighted by atomic mass is 10.1. The van der Waals surface area contributed by atoms with Crippen molar-refractivity contribution in [1.82, 2.24) is 9.80 Å². The van der Waals surface area contributed by atoms with Gasteiger partial charge >= 0.3 is 0 Å². The third kappa shape index (κ3) is 4.04. The molecule has 2 amide bonds. The van der Waals surface area contributed by atoms with Gasteiger partial charge in [0, 0.05) is 26.2 Å². The van der Waals surface area contributed by atoms with Crippen LogP contribution in [0.25, 0.3) is 0 Å². The molecule has 2 aromatic rings. The van der Waals surface area contributed by atoms with Gasteiger partial charge in [-0.05, 0) is 29.7 Å². The average Bonchev–Trinajstić information content (AvgIpc) is 3.01. The summed E-state index contributed by atoms with van der Waals surface area (Å²) < 4.78 is 0. The Balaban J connectivity index is 1.71. The maximum atomic E-state index is 12.3. The monoisotopic (exact) mass is 354 g/mol. The first-order valence-corrected chi connectivity index (χ1v) is 9.38. The number of thioether (sulfide) groups is 1. The summed E-state index contributed by atoms with van der Waals surface area (Å²) in [4.78, 5) is 27.8. The highest BCUT2D eigenvalue weighted by Gasteiger charge is 2.32. The van der Waals surface area contributed by atoms with Crippen LogP contribution in [0.5, 0.6) is 0 Å². The minimum absolute atomic E-state index is 0.0114. The van der Waals surface area contributed by atoms with Crippen LogP contribution >= 0.6 is 11.8 Å². The van der Waals surface area contributed by atoms with E-state index < -0.39 is 0 Å². The van der Waals surface area contributed by atoms with E-state index in [4.69, 9.17) is 0 Å². The van der Waals surface area contributed by atoms with Gasteiger partial charge in [0.1, 0.15) is 5.37 Å². The minimum Gasteiger partial charge on any atom is -0.345 e. The van der Waals surface area contributed by atoms with Gasteiger partial charge in [-0.1, -0.05) is 42.5 Å². The van der Waals surface area contributed by atoms with Crippen molar-refractivity contribution in [1.29, 1.82) is 0 Å². The van der Waals surface area contributed by atoms with Crippen molar-refractivity contribution in [3.8, 4) is 0 Å². The number of benzene rings is 2. The van der Waals surface area contributed by atoms with E-state index in [1.807, 2.05) is 47.4 Å². The summed E-state index contributed by atoms with van der Waals surface area (Å²) in [6.45, 7) is 0.707. The smallest absolute Gasteiger partial charge is 0.253 e. The quantitative estimate of drug-likeness (QED) is 0.828. The molecule has 3 rings (SSSR count). The molecule has 0 saturated carbocycles. The number of carbonyl (C=O) groups is 2. The van der Waals surface area contributed by atoms with Crippen LogP contribution < -0.4 is 0 Å². The van der Waals surface area contributed by atoms with Crippen molar-refractivity contribution >= 4 is 23.6 Å². The lowest BCUT2D eigenvalue weighted by Crippen LogP contribution is -2.30. The lowest BCUT2D eigenvalue weighted by molar-refractivity contribution is -0.128. The summed E-state index contributed by atoms with van der Waals surface area (Å²) in [5.41, 5.74) is 2.97. The van der Waals surface area contributed by atoms with Crippen molar-refractivity contribution in [2.75, 3.05) is 26.4 Å². The summed E-state index contributed by atoms with van der Waals surface area (Å²) in [6, 6.07) is 17.8. The van der Waals surface area contributed by atoms with Crippen LogP contribution in [0.3, 0.4) is 0 Å². The second kappa shape index (κ2) is 7.74. The molecule has 1 aliphatic heterocycles. The number of carbonyl (C=O) groups excluding carboxylic acids is 2. The molecular formula is C20H22N2O2S. The van der Waals surface area contributed by atoms with Crippen LogP contribution in [0.1, 0.15) is 26.9 Å². The van der Waals surface area contributed by atoms with E-state index in [1.54, 1.807) is 30.8 Å². The highest BCUT2D eigenvalue weighted by Crippen LogP contribution is 2.38. The fraction of sp³-hybridized carbons (Fsp3) is 0.300. The summed E-state index contributed by atoms with van der Waals surface area (Å²) in [5, 5.41) is 0.0275. The van der Waals surface area contributed by atoms with Gasteiger partial charge in [-0.3, -0.25) is 9.59 Å². The van der Waals surface area contributed by atoms with E-state index >= 15 is 0 Å². The van der Waals surface area contributed by atoms with Gasteiger partial charge in [-0.2, -0.15) is 0 Å². The molecule has 0 bridgehead atoms. The van der Waals surface area contributed by atoms with Gasteiger partial charge in [0.2, 0.25) is 5.91 Å². The first kappa shape index (κ1) is 17.5. The third-order valence-electron chi connectivity index (χ3n) is 4.30. The second-order valence-corrected chi connectivity index (χ2v) is 7.38. The minimum atomic E-state index is -0.0114. The van der Waals surface area contributed by atoms with Crippen molar-refractivity contribution in [2.45, 2.75) is 11.8 Å². The highest BCUT2D eigenvalue weighted by molar-refractivity contribution is 8.00. The number of rotatable bonds is 5. The fourth-order valence-corrected chi connectivity index (χ4v) is 4.13. The first-order chi connectivity index (χ1) is 12.1. The van der Waals surface area contributed by atoms with Crippen LogP contribution in [0.2, 0.25) is 0 Å². The van der Waals surface area contributed by atoms with E-state index in [0.29, 0.717) is 17.9 Å². The second-order valence-electron chi connectivity index (χ2n) is 6.31. The van der Waals surface area contributed by atoms with E-state index in [1.165, 1.54) is 5.56 Å². The van der Waals surface area contributed by atoms with Gasteiger partial charge in [-0.15, -0.1) is 11.8 Å². The van der Waals surface area contributed by atoms with Gasteiger partial charge < -0.3 is 9.80 Å². The molecule has 0 unspecified atom stereocenters. The summed E-state index contributed by atoms with van der Waals surface area (Å²) in [5.74, 6) is 0.680. The van der Waals surface area contributed by atoms with E-state index in [9.17, 15) is 9.59 Å². The molecule has 0 N–H and O–H groups in total. The van der Waals surface area contributed by atoms with Gasteiger partial charge in [0.25, 0.3) is 5.91 Å². The Bertz CT molecular complexity index is 744. The third-order valence-corrected chi connectivity index (χ3v) is 5.56. The Morgan fingerprint density at radius 1 is 1.12 bits per heavy atom. The van der Waals surface area contributed by atoms with Crippen LogP contribution in [-0.2, 0) is 11.2 Å². The Morgan fingerprint density at radius 2 is 1.80 bits per heavy atom. The molecule has 0 spiro atoms. The molecule has 25 heavy (non-hydrogen) atoms. The summed E-state index contributed by atoms with van der Waals surface area (Å²) in [6.07, 6.45) is 0.848. The molecule has 130 valence electrons. The average molecular weight is 354 g/mol. The van der Waals surface area contributed by atoms with Crippen molar-refractivity contribution in [3.05, 3.63) is 71.3 Å². The van der Waals surface area contributed by atoms with E-state index in [0.717, 1.165) is 12.0 Å². The number of hydrogen-bond acceptors (Lipinski definition) is 3. The molecule has 1 aliphatic rings. The van der Waals surface area contributed by atoms with Gasteiger partial charge in [-0.25, -0.2) is 0 Å². The molecule has 1 saturated heterocycles. The normalized spacial score (nSPS) is 17.0. The lowest BCUT2D eigenvalue weighted by Gasteiger charge is -2.24. The van der Waals surface area contributed by atoms with Crippen LogP contribution in [0, 0.1) is 0 Å². The van der Waals surface area contributed by atoms with Crippen LogP contribution in [0.15, 0.2) is 54.6 Å². The molecule has 5 heteroatoms. The Morgan fingerprint density at radius 3 is 2.44 bits per heavy atom. The SMILES string of the molecule is CN(C)C(=O)c1ccc([C@H]2SCC(=O)N2CCc2ccccc2)cc1. The predicted molar refractivity (Wildman–Crippen MR) is 102 cm³/mol. The van der Waals surface area contributed by atoms with Gasteiger partial charge in [0.15, 0.2) is 0 Å². The predicted octanol–water partition coefficient (Wildman–Crippen LogP) is 3.21. The first-order valence-electron chi connectivity index (χ1n) is 8.33. The Labute approximate surface area is 152 Å². The van der Waals surface area contributed by atoms with Crippen LogP contribution in [-0.4, -0.2) is 48.0 Å². The fourth-order valence-electron chi connectivity index (χ4n) is 2.91. The molecule has 1 fully saturated rings. The molecule has 0 radical (unpaired) electrons. The number of hydrogen-bond donors (Lipinski definition) is 0. The topological polar surface area (TPSA) is 40.6 Å². The summed E-state index contributed by atoms with van der Waals surface area (Å²) >= 11 is 1.65. The van der Waals surface area contributed by atoms with E-state index in [-0.39, 0.29) is 17.2 Å². The largest absolute Gasteiger partial charge is 0.345 e. The molecule has 0 aromatic heterocycles. The number of amides is 2. The Kier molecular flexibility index (Phi) is 5.43. The molecule has 0 aliphatic carbocycles. The molecule has 1 heterocycles. The molecule has 1 atom stereocenters. The zero-order valence-corrected chi connectivity index (χ0v) is 15.3. The molecule has 2 aromatic carbocycles. The van der Waals surface area contributed by atoms with Crippen molar-refractivity contribution < 1.29 is 9.59 Å². The zero-order chi connectivity index (χ0) is 17.8. The molecular weight excluding hydrogens is 332 g/mol. The standard InChI is InChI=1S/C20H22N2O2S/c1-21(2)19(24)16-8-10-17(11-9-16)20-22(18(23)14-25-20)13-12-15-6-4-3-5-7-15/h3-11,20H,12-14H2,1-2H3/t20-/m1/s1. The maximum Gasteiger partial charge on any atom is 0.253 e. The zero-order valence-electron chi connectivity index (χ0n) is 14.5. The van der Waals surface area contributed by atoms with E-state index in [2.05, 4.69) is 12.1 Å². The van der Waals surface area contributed by atoms with Crippen molar-refractivity contribution in [2.24, 2.45) is 0 Å². The van der Waals surface area contributed by atoms with Crippen LogP contribution in [0.4, 0.5) is 0 Å².